The van der Waals surface area contributed by atoms with Crippen LogP contribution in [0.4, 0.5) is 11.4 Å². The molecule has 0 aliphatic carbocycles. The Morgan fingerprint density at radius 3 is 2.32 bits per heavy atom. The molecule has 1 N–H and O–H groups in total. The van der Waals surface area contributed by atoms with E-state index >= 15 is 0 Å². The van der Waals surface area contributed by atoms with Crippen LogP contribution in [0.3, 0.4) is 0 Å². The van der Waals surface area contributed by atoms with Crippen molar-refractivity contribution >= 4 is 23.2 Å². The summed E-state index contributed by atoms with van der Waals surface area (Å²) in [5, 5.41) is 3.01. The Kier molecular flexibility index (Phi) is 5.58. The van der Waals surface area contributed by atoms with Gasteiger partial charge >= 0.3 is 0 Å². The summed E-state index contributed by atoms with van der Waals surface area (Å²) in [7, 11) is 1.76. The quantitative estimate of drug-likeness (QED) is 0.908. The van der Waals surface area contributed by atoms with Crippen molar-refractivity contribution in [2.45, 2.75) is 32.3 Å². The second-order valence-electron chi connectivity index (χ2n) is 6.91. The number of carbonyl (C=O) groups is 2. The number of hydrogen-bond acceptors (Lipinski definition) is 4. The van der Waals surface area contributed by atoms with Gasteiger partial charge in [0.2, 0.25) is 11.8 Å². The zero-order chi connectivity index (χ0) is 17.8. The van der Waals surface area contributed by atoms with Crippen LogP contribution in [0.5, 0.6) is 0 Å². The van der Waals surface area contributed by atoms with Gasteiger partial charge in [0.25, 0.3) is 0 Å². The Balaban J connectivity index is 1.51. The smallest absolute Gasteiger partial charge is 0.227 e. The van der Waals surface area contributed by atoms with Crippen LogP contribution in [0.2, 0.25) is 0 Å². The Hall–Kier alpha value is -2.08. The van der Waals surface area contributed by atoms with Gasteiger partial charge in [-0.1, -0.05) is 0 Å². The van der Waals surface area contributed by atoms with Crippen LogP contribution in [0.25, 0.3) is 0 Å². The van der Waals surface area contributed by atoms with Gasteiger partial charge in [-0.3, -0.25) is 9.59 Å². The van der Waals surface area contributed by atoms with Gasteiger partial charge in [-0.05, 0) is 43.5 Å². The minimum atomic E-state index is -0.0173. The predicted octanol–water partition coefficient (Wildman–Crippen LogP) is 2.11. The fourth-order valence-corrected chi connectivity index (χ4v) is 3.61. The molecule has 2 saturated heterocycles. The molecular formula is C19H27N3O3. The van der Waals surface area contributed by atoms with Gasteiger partial charge in [-0.25, -0.2) is 0 Å². The lowest BCUT2D eigenvalue weighted by Crippen LogP contribution is -2.40. The molecule has 0 saturated carbocycles. The van der Waals surface area contributed by atoms with E-state index in [0.717, 1.165) is 43.7 Å². The van der Waals surface area contributed by atoms with Crippen molar-refractivity contribution in [2.75, 3.05) is 43.5 Å². The lowest BCUT2D eigenvalue weighted by atomic mass is 9.96. The summed E-state index contributed by atoms with van der Waals surface area (Å²) in [5.74, 6) is 0.125. The van der Waals surface area contributed by atoms with Crippen molar-refractivity contribution in [1.82, 2.24) is 4.90 Å². The average Bonchev–Trinajstić information content (AvgIpc) is 3.11. The third kappa shape index (κ3) is 4.31. The number of piperidine rings is 1. The van der Waals surface area contributed by atoms with E-state index in [1.807, 2.05) is 29.2 Å². The minimum Gasteiger partial charge on any atom is -0.380 e. The molecule has 2 aliphatic rings. The average molecular weight is 345 g/mol. The maximum absolute atomic E-state index is 12.4. The molecule has 0 aromatic heterocycles. The molecule has 1 atom stereocenters. The first kappa shape index (κ1) is 17.7. The summed E-state index contributed by atoms with van der Waals surface area (Å²) in [6.07, 6.45) is 2.82. The topological polar surface area (TPSA) is 61.9 Å². The van der Waals surface area contributed by atoms with Gasteiger partial charge in [-0.15, -0.1) is 0 Å². The van der Waals surface area contributed by atoms with Crippen molar-refractivity contribution < 1.29 is 14.3 Å². The number of hydrogen-bond donors (Lipinski definition) is 1. The molecule has 25 heavy (non-hydrogen) atoms. The number of carbonyl (C=O) groups excluding carboxylic acids is 2. The third-order valence-electron chi connectivity index (χ3n) is 5.29. The fourth-order valence-electron chi connectivity index (χ4n) is 3.61. The molecule has 1 aromatic carbocycles. The Morgan fingerprint density at radius 2 is 1.76 bits per heavy atom. The highest BCUT2D eigenvalue weighted by Crippen LogP contribution is 2.24. The van der Waals surface area contributed by atoms with Crippen LogP contribution < -0.4 is 10.2 Å². The minimum absolute atomic E-state index is 0.0173. The molecule has 136 valence electrons. The first-order chi connectivity index (χ1) is 12.1. The Bertz CT molecular complexity index is 609. The highest BCUT2D eigenvalue weighted by atomic mass is 16.5. The van der Waals surface area contributed by atoms with E-state index in [4.69, 9.17) is 4.74 Å². The largest absolute Gasteiger partial charge is 0.380 e. The SMILES string of the molecule is CO[C@@H]1CCN(c2ccc(NC(=O)C3CCN(C(C)=O)CC3)cc2)C1. The second kappa shape index (κ2) is 7.87. The maximum Gasteiger partial charge on any atom is 0.227 e. The van der Waals surface area contributed by atoms with Crippen molar-refractivity contribution in [1.29, 1.82) is 0 Å². The molecule has 0 spiro atoms. The zero-order valence-electron chi connectivity index (χ0n) is 15.0. The second-order valence-corrected chi connectivity index (χ2v) is 6.91. The predicted molar refractivity (Wildman–Crippen MR) is 97.7 cm³/mol. The number of ether oxygens (including phenoxy) is 1. The number of benzene rings is 1. The number of rotatable bonds is 4. The standard InChI is InChI=1S/C19H27N3O3/c1-14(23)21-10-7-15(8-11-21)19(24)20-16-3-5-17(6-4-16)22-12-9-18(13-22)25-2/h3-6,15,18H,7-13H2,1-2H3,(H,20,24)/t18-/m1/s1. The monoisotopic (exact) mass is 345 g/mol. The molecule has 1 aromatic rings. The Morgan fingerprint density at radius 1 is 1.08 bits per heavy atom. The molecule has 2 heterocycles. The fraction of sp³-hybridized carbons (Fsp3) is 0.579. The van der Waals surface area contributed by atoms with Crippen LogP contribution in [0, 0.1) is 5.92 Å². The summed E-state index contributed by atoms with van der Waals surface area (Å²) in [4.78, 5) is 27.9. The number of nitrogens with zero attached hydrogens (tertiary/aromatic N) is 2. The summed E-state index contributed by atoms with van der Waals surface area (Å²) >= 11 is 0. The van der Waals surface area contributed by atoms with E-state index in [0.29, 0.717) is 19.2 Å². The molecule has 2 fully saturated rings. The van der Waals surface area contributed by atoms with Crippen LogP contribution in [-0.2, 0) is 14.3 Å². The number of nitrogens with one attached hydrogen (secondary N) is 1. The van der Waals surface area contributed by atoms with E-state index in [1.54, 1.807) is 14.0 Å². The van der Waals surface area contributed by atoms with E-state index < -0.39 is 0 Å². The highest BCUT2D eigenvalue weighted by molar-refractivity contribution is 5.93. The van der Waals surface area contributed by atoms with Crippen molar-refractivity contribution in [3.05, 3.63) is 24.3 Å². The van der Waals surface area contributed by atoms with Crippen LogP contribution in [-0.4, -0.2) is 56.1 Å². The normalized spacial score (nSPS) is 21.4. The zero-order valence-corrected chi connectivity index (χ0v) is 15.0. The van der Waals surface area contributed by atoms with Crippen molar-refractivity contribution in [2.24, 2.45) is 5.92 Å². The van der Waals surface area contributed by atoms with Gasteiger partial charge < -0.3 is 19.9 Å². The molecule has 2 aliphatic heterocycles. The first-order valence-electron chi connectivity index (χ1n) is 9.01. The van der Waals surface area contributed by atoms with Gasteiger partial charge in [0.15, 0.2) is 0 Å². The van der Waals surface area contributed by atoms with E-state index in [1.165, 1.54) is 0 Å². The van der Waals surface area contributed by atoms with Crippen LogP contribution in [0.1, 0.15) is 26.2 Å². The number of anilines is 2. The van der Waals surface area contributed by atoms with E-state index in [-0.39, 0.29) is 17.7 Å². The maximum atomic E-state index is 12.4. The van der Waals surface area contributed by atoms with Gasteiger partial charge in [0.05, 0.1) is 6.10 Å². The summed E-state index contributed by atoms with van der Waals surface area (Å²) < 4.78 is 5.41. The summed E-state index contributed by atoms with van der Waals surface area (Å²) in [6.45, 7) is 4.83. The molecule has 0 bridgehead atoms. The molecule has 6 nitrogen and oxygen atoms in total. The summed E-state index contributed by atoms with van der Waals surface area (Å²) in [6, 6.07) is 8.01. The highest BCUT2D eigenvalue weighted by Gasteiger charge is 2.26. The molecule has 2 amide bonds. The summed E-state index contributed by atoms with van der Waals surface area (Å²) in [5.41, 5.74) is 1.98. The number of amides is 2. The first-order valence-corrected chi connectivity index (χ1v) is 9.01. The number of methoxy groups -OCH3 is 1. The van der Waals surface area contributed by atoms with Gasteiger partial charge in [0.1, 0.15) is 0 Å². The van der Waals surface area contributed by atoms with E-state index in [2.05, 4.69) is 10.2 Å². The lowest BCUT2D eigenvalue weighted by Gasteiger charge is -2.30. The molecule has 0 radical (unpaired) electrons. The third-order valence-corrected chi connectivity index (χ3v) is 5.29. The molecule has 3 rings (SSSR count). The molecule has 6 heteroatoms. The van der Waals surface area contributed by atoms with Gasteiger partial charge in [0, 0.05) is 57.5 Å². The Labute approximate surface area is 149 Å². The van der Waals surface area contributed by atoms with E-state index in [9.17, 15) is 9.59 Å². The van der Waals surface area contributed by atoms with Crippen LogP contribution >= 0.6 is 0 Å². The van der Waals surface area contributed by atoms with Gasteiger partial charge in [-0.2, -0.15) is 0 Å². The van der Waals surface area contributed by atoms with Crippen LogP contribution in [0.15, 0.2) is 24.3 Å². The van der Waals surface area contributed by atoms with Crippen molar-refractivity contribution in [3.8, 4) is 0 Å². The van der Waals surface area contributed by atoms with Crippen molar-refractivity contribution in [3.63, 3.8) is 0 Å². The molecule has 0 unspecified atom stereocenters. The number of likely N-dealkylation sites (tertiary alicyclic amines) is 1. The lowest BCUT2D eigenvalue weighted by molar-refractivity contribution is -0.132. The molecular weight excluding hydrogens is 318 g/mol.